The lowest BCUT2D eigenvalue weighted by atomic mass is 9.99. The molecule has 1 heterocycles. The highest BCUT2D eigenvalue weighted by atomic mass is 16.2. The summed E-state index contributed by atoms with van der Waals surface area (Å²) < 4.78 is 0. The molecule has 1 aliphatic rings. The van der Waals surface area contributed by atoms with E-state index in [2.05, 4.69) is 5.32 Å². The maximum absolute atomic E-state index is 13.0. The zero-order valence-corrected chi connectivity index (χ0v) is 19.0. The first kappa shape index (κ1) is 22.9. The van der Waals surface area contributed by atoms with Crippen LogP contribution in [0.3, 0.4) is 0 Å². The van der Waals surface area contributed by atoms with Gasteiger partial charge in [0, 0.05) is 7.05 Å². The topological polar surface area (TPSA) is 86.8 Å². The summed E-state index contributed by atoms with van der Waals surface area (Å²) >= 11 is 0. The molecule has 0 spiro atoms. The van der Waals surface area contributed by atoms with E-state index in [1.807, 2.05) is 60.7 Å². The van der Waals surface area contributed by atoms with Gasteiger partial charge in [0.05, 0.1) is 23.7 Å². The summed E-state index contributed by atoms with van der Waals surface area (Å²) in [5.74, 6) is -1.87. The van der Waals surface area contributed by atoms with E-state index in [1.54, 1.807) is 24.3 Å². The Morgan fingerprint density at radius 1 is 0.794 bits per heavy atom. The van der Waals surface area contributed by atoms with Crippen molar-refractivity contribution in [2.45, 2.75) is 19.0 Å². The van der Waals surface area contributed by atoms with Crippen LogP contribution >= 0.6 is 0 Å². The van der Waals surface area contributed by atoms with Gasteiger partial charge in [-0.05, 0) is 30.2 Å². The van der Waals surface area contributed by atoms with Gasteiger partial charge in [0.25, 0.3) is 11.8 Å². The van der Waals surface area contributed by atoms with Crippen LogP contribution in [0.2, 0.25) is 0 Å². The van der Waals surface area contributed by atoms with Crippen LogP contribution < -0.4 is 5.32 Å². The number of hydrogen-bond acceptors (Lipinski definition) is 4. The fourth-order valence-electron chi connectivity index (χ4n) is 4.14. The largest absolute Gasteiger partial charge is 0.344 e. The van der Waals surface area contributed by atoms with Crippen LogP contribution in [0.1, 0.15) is 44.8 Å². The van der Waals surface area contributed by atoms with Gasteiger partial charge in [0.1, 0.15) is 6.04 Å². The van der Waals surface area contributed by atoms with E-state index < -0.39 is 23.8 Å². The van der Waals surface area contributed by atoms with Crippen LogP contribution in [0.5, 0.6) is 0 Å². The van der Waals surface area contributed by atoms with Gasteiger partial charge in [-0.1, -0.05) is 72.8 Å². The van der Waals surface area contributed by atoms with Crippen molar-refractivity contribution < 1.29 is 19.2 Å². The molecular formula is C27H25N3O4. The number of rotatable bonds is 7. The van der Waals surface area contributed by atoms with Crippen molar-refractivity contribution in [1.29, 1.82) is 0 Å². The maximum Gasteiger partial charge on any atom is 0.262 e. The molecule has 7 nitrogen and oxygen atoms in total. The molecule has 0 aliphatic carbocycles. The predicted octanol–water partition coefficient (Wildman–Crippen LogP) is 3.04. The molecule has 1 unspecified atom stereocenters. The number of carbonyl (C=O) groups excluding carboxylic acids is 4. The van der Waals surface area contributed by atoms with Gasteiger partial charge in [-0.3, -0.25) is 24.1 Å². The van der Waals surface area contributed by atoms with E-state index in [0.717, 1.165) is 16.0 Å². The quantitative estimate of drug-likeness (QED) is 0.555. The van der Waals surface area contributed by atoms with E-state index in [4.69, 9.17) is 0 Å². The summed E-state index contributed by atoms with van der Waals surface area (Å²) in [5.41, 5.74) is 2.38. The zero-order chi connectivity index (χ0) is 24.2. The molecule has 0 fully saturated rings. The van der Waals surface area contributed by atoms with E-state index in [0.29, 0.717) is 0 Å². The van der Waals surface area contributed by atoms with Crippen LogP contribution in [0.4, 0.5) is 0 Å². The number of hydrogen-bond donors (Lipinski definition) is 1. The maximum atomic E-state index is 13.0. The van der Waals surface area contributed by atoms with Gasteiger partial charge >= 0.3 is 0 Å². The minimum atomic E-state index is -1.04. The van der Waals surface area contributed by atoms with Crippen molar-refractivity contribution in [2.24, 2.45) is 0 Å². The molecule has 3 aromatic rings. The smallest absolute Gasteiger partial charge is 0.262 e. The van der Waals surface area contributed by atoms with Gasteiger partial charge in [-0.2, -0.15) is 0 Å². The van der Waals surface area contributed by atoms with Crippen LogP contribution in [-0.2, 0) is 9.59 Å². The first-order chi connectivity index (χ1) is 16.4. The SMILES string of the molecule is CC(C(=O)N(C)CC(=O)NC(c1ccccc1)c1ccccc1)N1C(=O)c2ccccc2C1=O. The second-order valence-corrected chi connectivity index (χ2v) is 8.22. The Kier molecular flexibility index (Phi) is 6.54. The zero-order valence-electron chi connectivity index (χ0n) is 19.0. The number of carbonyl (C=O) groups is 4. The third-order valence-corrected chi connectivity index (χ3v) is 5.90. The molecular weight excluding hydrogens is 430 g/mol. The molecule has 0 saturated heterocycles. The van der Waals surface area contributed by atoms with Crippen LogP contribution in [0.15, 0.2) is 84.9 Å². The fourth-order valence-corrected chi connectivity index (χ4v) is 4.14. The molecule has 0 radical (unpaired) electrons. The first-order valence-electron chi connectivity index (χ1n) is 11.0. The van der Waals surface area contributed by atoms with Gasteiger partial charge in [0.2, 0.25) is 11.8 Å². The second kappa shape index (κ2) is 9.70. The third-order valence-electron chi connectivity index (χ3n) is 5.90. The van der Waals surface area contributed by atoms with Gasteiger partial charge < -0.3 is 10.2 Å². The fraction of sp³-hybridized carbons (Fsp3) is 0.185. The van der Waals surface area contributed by atoms with Crippen molar-refractivity contribution in [1.82, 2.24) is 15.1 Å². The van der Waals surface area contributed by atoms with E-state index in [1.165, 1.54) is 18.9 Å². The van der Waals surface area contributed by atoms with Crippen molar-refractivity contribution in [3.8, 4) is 0 Å². The minimum Gasteiger partial charge on any atom is -0.344 e. The second-order valence-electron chi connectivity index (χ2n) is 8.22. The Balaban J connectivity index is 1.45. The monoisotopic (exact) mass is 455 g/mol. The highest BCUT2D eigenvalue weighted by Crippen LogP contribution is 2.25. The molecule has 0 saturated carbocycles. The van der Waals surface area contributed by atoms with E-state index in [9.17, 15) is 19.2 Å². The van der Waals surface area contributed by atoms with E-state index >= 15 is 0 Å². The molecule has 0 aromatic heterocycles. The lowest BCUT2D eigenvalue weighted by Gasteiger charge is -2.27. The molecule has 4 rings (SSSR count). The van der Waals surface area contributed by atoms with Gasteiger partial charge in [0.15, 0.2) is 0 Å². The highest BCUT2D eigenvalue weighted by molar-refractivity contribution is 6.22. The summed E-state index contributed by atoms with van der Waals surface area (Å²) in [6.07, 6.45) is 0. The average Bonchev–Trinajstić information content (AvgIpc) is 3.12. The lowest BCUT2D eigenvalue weighted by molar-refractivity contribution is -0.137. The van der Waals surface area contributed by atoms with Gasteiger partial charge in [-0.15, -0.1) is 0 Å². The first-order valence-corrected chi connectivity index (χ1v) is 11.0. The Labute approximate surface area is 198 Å². The van der Waals surface area contributed by atoms with Crippen molar-refractivity contribution in [3.05, 3.63) is 107 Å². The number of amides is 4. The summed E-state index contributed by atoms with van der Waals surface area (Å²) in [7, 11) is 1.48. The van der Waals surface area contributed by atoms with Crippen molar-refractivity contribution >= 4 is 23.6 Å². The molecule has 1 atom stereocenters. The summed E-state index contributed by atoms with van der Waals surface area (Å²) in [5, 5.41) is 3.00. The molecule has 7 heteroatoms. The number of likely N-dealkylation sites (N-methyl/N-ethyl adjacent to an activating group) is 1. The number of fused-ring (bicyclic) bond motifs is 1. The Bertz CT molecular complexity index is 1150. The molecule has 34 heavy (non-hydrogen) atoms. The number of nitrogens with one attached hydrogen (secondary N) is 1. The predicted molar refractivity (Wildman–Crippen MR) is 127 cm³/mol. The standard InChI is InChI=1S/C27H25N3O4/c1-18(30-26(33)21-15-9-10-16-22(21)27(30)34)25(32)29(2)17-23(31)28-24(19-11-5-3-6-12-19)20-13-7-4-8-14-20/h3-16,18,24H,17H2,1-2H3,(H,28,31). The molecule has 4 amide bonds. The number of nitrogens with zero attached hydrogens (tertiary/aromatic N) is 2. The normalized spacial score (nSPS) is 13.6. The van der Waals surface area contributed by atoms with E-state index in [-0.39, 0.29) is 29.6 Å². The average molecular weight is 456 g/mol. The lowest BCUT2D eigenvalue weighted by Crippen LogP contribution is -2.50. The number of benzene rings is 3. The molecule has 0 bridgehead atoms. The minimum absolute atomic E-state index is 0.220. The molecule has 3 aromatic carbocycles. The van der Waals surface area contributed by atoms with Crippen molar-refractivity contribution in [2.75, 3.05) is 13.6 Å². The molecule has 172 valence electrons. The Morgan fingerprint density at radius 2 is 1.24 bits per heavy atom. The van der Waals surface area contributed by atoms with Crippen molar-refractivity contribution in [3.63, 3.8) is 0 Å². The Hall–Kier alpha value is -4.26. The highest BCUT2D eigenvalue weighted by Gasteiger charge is 2.41. The summed E-state index contributed by atoms with van der Waals surface area (Å²) in [6, 6.07) is 24.2. The molecule has 1 N–H and O–H groups in total. The summed E-state index contributed by atoms with van der Waals surface area (Å²) in [4.78, 5) is 53.6. The van der Waals surface area contributed by atoms with Crippen LogP contribution in [0, 0.1) is 0 Å². The van der Waals surface area contributed by atoms with Crippen LogP contribution in [-0.4, -0.2) is 53.1 Å². The Morgan fingerprint density at radius 3 is 1.71 bits per heavy atom. The van der Waals surface area contributed by atoms with Crippen LogP contribution in [0.25, 0.3) is 0 Å². The third kappa shape index (κ3) is 4.45. The number of imide groups is 1. The van der Waals surface area contributed by atoms with Gasteiger partial charge in [-0.25, -0.2) is 0 Å². The molecule has 1 aliphatic heterocycles. The summed E-state index contributed by atoms with van der Waals surface area (Å²) in [6.45, 7) is 1.28.